The third kappa shape index (κ3) is 3.33. The summed E-state index contributed by atoms with van der Waals surface area (Å²) in [6.45, 7) is 0.300. The summed E-state index contributed by atoms with van der Waals surface area (Å²) in [5.74, 6) is -1.14. The average molecular weight is 319 g/mol. The first-order chi connectivity index (χ1) is 11.0. The predicted molar refractivity (Wildman–Crippen MR) is 77.0 cm³/mol. The van der Waals surface area contributed by atoms with E-state index in [0.29, 0.717) is 6.54 Å². The molecule has 1 aromatic carbocycles. The van der Waals surface area contributed by atoms with Crippen LogP contribution in [0.1, 0.15) is 18.4 Å². The van der Waals surface area contributed by atoms with E-state index < -0.39 is 10.9 Å². The van der Waals surface area contributed by atoms with Crippen molar-refractivity contribution in [1.29, 1.82) is 0 Å². The molecule has 1 saturated carbocycles. The SMILES string of the molecule is O=C(Cn1cnc([N+](=O)[O-])n1)NCC1(c2ccc(F)cc2)CC1. The van der Waals surface area contributed by atoms with Crippen LogP contribution in [0.5, 0.6) is 0 Å². The molecule has 1 aliphatic carbocycles. The molecule has 0 spiro atoms. The maximum Gasteiger partial charge on any atom is 0.490 e. The van der Waals surface area contributed by atoms with Gasteiger partial charge in [0, 0.05) is 17.1 Å². The number of halogens is 1. The molecule has 0 saturated heterocycles. The van der Waals surface area contributed by atoms with E-state index in [4.69, 9.17) is 0 Å². The second-order valence-electron chi connectivity index (χ2n) is 5.56. The Hall–Kier alpha value is -2.84. The maximum absolute atomic E-state index is 13.0. The van der Waals surface area contributed by atoms with Crippen molar-refractivity contribution in [2.24, 2.45) is 0 Å². The number of benzene rings is 1. The van der Waals surface area contributed by atoms with E-state index in [1.807, 2.05) is 0 Å². The molecule has 0 unspecified atom stereocenters. The Morgan fingerprint density at radius 2 is 2.09 bits per heavy atom. The average Bonchev–Trinajstić information content (AvgIpc) is 3.17. The third-order valence-electron chi connectivity index (χ3n) is 3.93. The molecule has 3 rings (SSSR count). The lowest BCUT2D eigenvalue weighted by Gasteiger charge is -2.16. The standard InChI is InChI=1S/C14H14FN5O3/c15-11-3-1-10(2-4-11)14(5-6-14)8-16-12(21)7-19-9-17-13(18-19)20(22)23/h1-4,9H,5-8H2,(H,16,21). The number of aromatic nitrogens is 3. The monoisotopic (exact) mass is 319 g/mol. The summed E-state index contributed by atoms with van der Waals surface area (Å²) in [6, 6.07) is 6.28. The molecule has 8 nitrogen and oxygen atoms in total. The molecule has 1 aliphatic rings. The van der Waals surface area contributed by atoms with Crippen molar-refractivity contribution in [3.8, 4) is 0 Å². The normalized spacial score (nSPS) is 15.2. The van der Waals surface area contributed by atoms with Gasteiger partial charge >= 0.3 is 5.95 Å². The Kier molecular flexibility index (Phi) is 3.77. The van der Waals surface area contributed by atoms with Crippen molar-refractivity contribution in [3.63, 3.8) is 0 Å². The van der Waals surface area contributed by atoms with Crippen molar-refractivity contribution in [1.82, 2.24) is 20.1 Å². The first-order valence-corrected chi connectivity index (χ1v) is 7.05. The van der Waals surface area contributed by atoms with Crippen LogP contribution >= 0.6 is 0 Å². The van der Waals surface area contributed by atoms with Crippen LogP contribution in [0.3, 0.4) is 0 Å². The Labute approximate surface area is 130 Å². The number of nitrogens with zero attached hydrogens (tertiary/aromatic N) is 4. The molecule has 1 fully saturated rings. The van der Waals surface area contributed by atoms with Gasteiger partial charge in [-0.25, -0.2) is 4.39 Å². The zero-order valence-electron chi connectivity index (χ0n) is 12.1. The number of hydrogen-bond donors (Lipinski definition) is 1. The number of amides is 1. The van der Waals surface area contributed by atoms with Crippen LogP contribution in [-0.4, -0.2) is 32.1 Å². The van der Waals surface area contributed by atoms with E-state index in [9.17, 15) is 19.3 Å². The summed E-state index contributed by atoms with van der Waals surface area (Å²) in [5.41, 5.74) is 0.855. The molecule has 0 atom stereocenters. The molecule has 0 radical (unpaired) electrons. The van der Waals surface area contributed by atoms with Crippen molar-refractivity contribution >= 4 is 11.9 Å². The lowest BCUT2D eigenvalue weighted by Crippen LogP contribution is -2.34. The minimum absolute atomic E-state index is 0.139. The molecule has 0 bridgehead atoms. The highest BCUT2D eigenvalue weighted by Gasteiger charge is 2.44. The fraction of sp³-hybridized carbons (Fsp3) is 0.357. The Bertz CT molecular complexity index is 739. The lowest BCUT2D eigenvalue weighted by molar-refractivity contribution is -0.394. The minimum Gasteiger partial charge on any atom is -0.390 e. The van der Waals surface area contributed by atoms with E-state index in [1.54, 1.807) is 12.1 Å². The smallest absolute Gasteiger partial charge is 0.390 e. The molecule has 9 heteroatoms. The second kappa shape index (κ2) is 5.75. The number of carbonyl (C=O) groups excluding carboxylic acids is 1. The molecule has 0 aliphatic heterocycles. The van der Waals surface area contributed by atoms with Gasteiger partial charge in [-0.3, -0.25) is 4.79 Å². The largest absolute Gasteiger partial charge is 0.490 e. The highest BCUT2D eigenvalue weighted by atomic mass is 19.1. The van der Waals surface area contributed by atoms with Crippen LogP contribution < -0.4 is 5.32 Å². The Morgan fingerprint density at radius 3 is 2.65 bits per heavy atom. The highest BCUT2D eigenvalue weighted by molar-refractivity contribution is 5.75. The van der Waals surface area contributed by atoms with Gasteiger partial charge in [0.15, 0.2) is 0 Å². The Balaban J connectivity index is 1.56. The second-order valence-corrected chi connectivity index (χ2v) is 5.56. The van der Waals surface area contributed by atoms with Crippen LogP contribution in [0.25, 0.3) is 0 Å². The van der Waals surface area contributed by atoms with Gasteiger partial charge in [0.1, 0.15) is 12.4 Å². The van der Waals surface area contributed by atoms with Crippen molar-refractivity contribution in [2.75, 3.05) is 6.54 Å². The van der Waals surface area contributed by atoms with E-state index in [0.717, 1.165) is 29.4 Å². The summed E-state index contributed by atoms with van der Waals surface area (Å²) in [5, 5.41) is 16.9. The molecule has 23 heavy (non-hydrogen) atoms. The van der Waals surface area contributed by atoms with Crippen molar-refractivity contribution in [3.05, 3.63) is 52.1 Å². The van der Waals surface area contributed by atoms with Gasteiger partial charge in [-0.1, -0.05) is 17.1 Å². The van der Waals surface area contributed by atoms with E-state index >= 15 is 0 Å². The van der Waals surface area contributed by atoms with Gasteiger partial charge in [0.25, 0.3) is 0 Å². The molecule has 1 amide bonds. The maximum atomic E-state index is 13.0. The van der Waals surface area contributed by atoms with Gasteiger partial charge < -0.3 is 15.4 Å². The van der Waals surface area contributed by atoms with Crippen LogP contribution in [0.2, 0.25) is 0 Å². The summed E-state index contributed by atoms with van der Waals surface area (Å²) in [7, 11) is 0. The molecule has 1 N–H and O–H groups in total. The van der Waals surface area contributed by atoms with E-state index in [2.05, 4.69) is 15.4 Å². The van der Waals surface area contributed by atoms with E-state index in [-0.39, 0.29) is 23.7 Å². The summed E-state index contributed by atoms with van der Waals surface area (Å²) in [4.78, 5) is 25.2. The zero-order valence-corrected chi connectivity index (χ0v) is 12.1. The topological polar surface area (TPSA) is 103 Å². The van der Waals surface area contributed by atoms with Gasteiger partial charge in [0.2, 0.25) is 12.2 Å². The van der Waals surface area contributed by atoms with Gasteiger partial charge in [0.05, 0.1) is 0 Å². The number of carbonyl (C=O) groups is 1. The van der Waals surface area contributed by atoms with Gasteiger partial charge in [-0.15, -0.1) is 0 Å². The molecule has 1 aromatic heterocycles. The molecule has 120 valence electrons. The molecule has 2 aromatic rings. The highest BCUT2D eigenvalue weighted by Crippen LogP contribution is 2.47. The first kappa shape index (κ1) is 15.1. The fourth-order valence-electron chi connectivity index (χ4n) is 2.44. The van der Waals surface area contributed by atoms with E-state index in [1.165, 1.54) is 12.1 Å². The van der Waals surface area contributed by atoms with Crippen molar-refractivity contribution in [2.45, 2.75) is 24.8 Å². The molecular formula is C14H14FN5O3. The Morgan fingerprint density at radius 1 is 1.39 bits per heavy atom. The quantitative estimate of drug-likeness (QED) is 0.636. The first-order valence-electron chi connectivity index (χ1n) is 7.05. The fourth-order valence-corrected chi connectivity index (χ4v) is 2.44. The summed E-state index contributed by atoms with van der Waals surface area (Å²) < 4.78 is 14.1. The van der Waals surface area contributed by atoms with Gasteiger partial charge in [-0.2, -0.15) is 4.68 Å². The number of nitro groups is 1. The number of rotatable bonds is 6. The summed E-state index contributed by atoms with van der Waals surface area (Å²) >= 11 is 0. The minimum atomic E-state index is -0.720. The number of hydrogen-bond acceptors (Lipinski definition) is 5. The lowest BCUT2D eigenvalue weighted by atomic mass is 9.96. The van der Waals surface area contributed by atoms with Crippen LogP contribution in [0.15, 0.2) is 30.6 Å². The zero-order chi connectivity index (χ0) is 16.4. The number of nitrogens with one attached hydrogen (secondary N) is 1. The molecular weight excluding hydrogens is 305 g/mol. The van der Waals surface area contributed by atoms with Crippen LogP contribution in [0, 0.1) is 15.9 Å². The van der Waals surface area contributed by atoms with Crippen molar-refractivity contribution < 1.29 is 14.1 Å². The van der Waals surface area contributed by atoms with Crippen LogP contribution in [-0.2, 0) is 16.8 Å². The third-order valence-corrected chi connectivity index (χ3v) is 3.93. The predicted octanol–water partition coefficient (Wildman–Crippen LogP) is 1.17. The molecule has 1 heterocycles. The van der Waals surface area contributed by atoms with Crippen LogP contribution in [0.4, 0.5) is 10.3 Å². The van der Waals surface area contributed by atoms with Gasteiger partial charge in [-0.05, 0) is 35.5 Å². The summed E-state index contributed by atoms with van der Waals surface area (Å²) in [6.07, 6.45) is 2.99.